The van der Waals surface area contributed by atoms with Crippen molar-refractivity contribution in [3.8, 4) is 0 Å². The molecule has 1 unspecified atom stereocenters. The molecular formula is C15H14ClN3O. The molecule has 0 aliphatic heterocycles. The molecule has 0 saturated carbocycles. The van der Waals surface area contributed by atoms with E-state index in [-0.39, 0.29) is 11.8 Å². The van der Waals surface area contributed by atoms with Gasteiger partial charge in [0.2, 0.25) is 5.91 Å². The Morgan fingerprint density at radius 3 is 2.75 bits per heavy atom. The zero-order valence-electron chi connectivity index (χ0n) is 10.8. The monoisotopic (exact) mass is 287 g/mol. The first-order valence-corrected chi connectivity index (χ1v) is 6.95. The summed E-state index contributed by atoms with van der Waals surface area (Å²) in [7, 11) is 0. The lowest BCUT2D eigenvalue weighted by molar-refractivity contribution is -0.120. The van der Waals surface area contributed by atoms with Crippen molar-refractivity contribution < 1.29 is 4.79 Å². The molecule has 1 aromatic heterocycles. The minimum Gasteiger partial charge on any atom is -0.309 e. The van der Waals surface area contributed by atoms with Gasteiger partial charge < -0.3 is 5.32 Å². The highest BCUT2D eigenvalue weighted by Gasteiger charge is 2.24. The van der Waals surface area contributed by atoms with E-state index in [1.54, 1.807) is 0 Å². The van der Waals surface area contributed by atoms with Crippen LogP contribution in [0.5, 0.6) is 0 Å². The Bertz CT molecular complexity index is 627. The number of halogens is 1. The van der Waals surface area contributed by atoms with E-state index in [0.717, 1.165) is 19.3 Å². The van der Waals surface area contributed by atoms with Crippen LogP contribution in [0.15, 0.2) is 36.7 Å². The molecule has 102 valence electrons. The van der Waals surface area contributed by atoms with Crippen LogP contribution in [0.1, 0.15) is 17.5 Å². The average Bonchev–Trinajstić information content (AvgIpc) is 2.49. The van der Waals surface area contributed by atoms with Crippen molar-refractivity contribution in [2.45, 2.75) is 19.3 Å². The SMILES string of the molecule is O=C(Nc1cnc(Cl)cn1)C1CCc2ccccc2C1. The molecule has 2 aromatic rings. The molecule has 1 aliphatic rings. The third kappa shape index (κ3) is 2.80. The molecular weight excluding hydrogens is 274 g/mol. The van der Waals surface area contributed by atoms with Crippen LogP contribution in [0.2, 0.25) is 5.15 Å². The Morgan fingerprint density at radius 1 is 1.20 bits per heavy atom. The first-order chi connectivity index (χ1) is 9.72. The number of aromatic nitrogens is 2. The van der Waals surface area contributed by atoms with Crippen LogP contribution in [0, 0.1) is 5.92 Å². The van der Waals surface area contributed by atoms with Gasteiger partial charge in [0.1, 0.15) is 5.15 Å². The van der Waals surface area contributed by atoms with Gasteiger partial charge in [0.25, 0.3) is 0 Å². The number of rotatable bonds is 2. The summed E-state index contributed by atoms with van der Waals surface area (Å²) in [6.07, 6.45) is 5.48. The van der Waals surface area contributed by atoms with E-state index in [2.05, 4.69) is 27.4 Å². The lowest BCUT2D eigenvalue weighted by Gasteiger charge is -2.23. The summed E-state index contributed by atoms with van der Waals surface area (Å²) in [6.45, 7) is 0. The van der Waals surface area contributed by atoms with Gasteiger partial charge in [-0.3, -0.25) is 4.79 Å². The topological polar surface area (TPSA) is 54.9 Å². The molecule has 1 amide bonds. The molecule has 1 aliphatic carbocycles. The van der Waals surface area contributed by atoms with Crippen molar-refractivity contribution in [2.75, 3.05) is 5.32 Å². The Balaban J connectivity index is 1.68. The van der Waals surface area contributed by atoms with E-state index >= 15 is 0 Å². The van der Waals surface area contributed by atoms with Crippen LogP contribution in [0.25, 0.3) is 0 Å². The molecule has 0 saturated heterocycles. The number of benzene rings is 1. The Kier molecular flexibility index (Phi) is 3.65. The predicted molar refractivity (Wildman–Crippen MR) is 77.6 cm³/mol. The third-order valence-corrected chi connectivity index (χ3v) is 3.78. The van der Waals surface area contributed by atoms with E-state index in [0.29, 0.717) is 11.0 Å². The fourth-order valence-corrected chi connectivity index (χ4v) is 2.62. The largest absolute Gasteiger partial charge is 0.309 e. The number of carbonyl (C=O) groups excluding carboxylic acids is 1. The quantitative estimate of drug-likeness (QED) is 0.924. The molecule has 3 rings (SSSR count). The number of anilines is 1. The van der Waals surface area contributed by atoms with Crippen molar-refractivity contribution in [1.82, 2.24) is 9.97 Å². The fourth-order valence-electron chi connectivity index (χ4n) is 2.53. The van der Waals surface area contributed by atoms with Gasteiger partial charge in [0.05, 0.1) is 12.4 Å². The number of carbonyl (C=O) groups is 1. The number of nitrogens with one attached hydrogen (secondary N) is 1. The lowest BCUT2D eigenvalue weighted by atomic mass is 9.83. The van der Waals surface area contributed by atoms with Gasteiger partial charge in [0.15, 0.2) is 5.82 Å². The second-order valence-corrected chi connectivity index (χ2v) is 5.31. The zero-order valence-corrected chi connectivity index (χ0v) is 11.6. The molecule has 1 heterocycles. The highest BCUT2D eigenvalue weighted by Crippen LogP contribution is 2.26. The maximum absolute atomic E-state index is 12.3. The van der Waals surface area contributed by atoms with Crippen molar-refractivity contribution in [2.24, 2.45) is 5.92 Å². The summed E-state index contributed by atoms with van der Waals surface area (Å²) >= 11 is 5.67. The van der Waals surface area contributed by atoms with Crippen LogP contribution in [-0.2, 0) is 17.6 Å². The lowest BCUT2D eigenvalue weighted by Crippen LogP contribution is -2.28. The average molecular weight is 288 g/mol. The van der Waals surface area contributed by atoms with Gasteiger partial charge >= 0.3 is 0 Å². The third-order valence-electron chi connectivity index (χ3n) is 3.59. The number of fused-ring (bicyclic) bond motifs is 1. The number of hydrogen-bond donors (Lipinski definition) is 1. The predicted octanol–water partition coefficient (Wildman–Crippen LogP) is 2.87. The molecule has 1 aromatic carbocycles. The first-order valence-electron chi connectivity index (χ1n) is 6.57. The highest BCUT2D eigenvalue weighted by atomic mass is 35.5. The van der Waals surface area contributed by atoms with E-state index in [4.69, 9.17) is 11.6 Å². The van der Waals surface area contributed by atoms with Gasteiger partial charge in [0, 0.05) is 5.92 Å². The van der Waals surface area contributed by atoms with Crippen molar-refractivity contribution in [1.29, 1.82) is 0 Å². The second-order valence-electron chi connectivity index (χ2n) is 4.92. The number of nitrogens with zero attached hydrogens (tertiary/aromatic N) is 2. The van der Waals surface area contributed by atoms with Gasteiger partial charge in [-0.2, -0.15) is 0 Å². The molecule has 0 bridgehead atoms. The molecule has 4 nitrogen and oxygen atoms in total. The summed E-state index contributed by atoms with van der Waals surface area (Å²) < 4.78 is 0. The van der Waals surface area contributed by atoms with Gasteiger partial charge in [-0.1, -0.05) is 35.9 Å². The highest BCUT2D eigenvalue weighted by molar-refractivity contribution is 6.29. The van der Waals surface area contributed by atoms with Gasteiger partial charge in [-0.25, -0.2) is 9.97 Å². The Morgan fingerprint density at radius 2 is 2.00 bits per heavy atom. The van der Waals surface area contributed by atoms with Gasteiger partial charge in [-0.05, 0) is 30.4 Å². The van der Waals surface area contributed by atoms with Crippen LogP contribution < -0.4 is 5.32 Å². The minimum absolute atomic E-state index is 0.00359. The first kappa shape index (κ1) is 13.1. The van der Waals surface area contributed by atoms with Crippen molar-refractivity contribution >= 4 is 23.3 Å². The summed E-state index contributed by atoms with van der Waals surface area (Å²) in [5.74, 6) is 0.428. The molecule has 1 N–H and O–H groups in total. The summed E-state index contributed by atoms with van der Waals surface area (Å²) in [5.41, 5.74) is 2.61. The van der Waals surface area contributed by atoms with E-state index in [1.807, 2.05) is 12.1 Å². The van der Waals surface area contributed by atoms with Gasteiger partial charge in [-0.15, -0.1) is 0 Å². The summed E-state index contributed by atoms with van der Waals surface area (Å²) in [5, 5.41) is 3.11. The van der Waals surface area contributed by atoms with Crippen molar-refractivity contribution in [3.05, 3.63) is 52.9 Å². The summed E-state index contributed by atoms with van der Waals surface area (Å²) in [6, 6.07) is 8.29. The zero-order chi connectivity index (χ0) is 13.9. The molecule has 0 spiro atoms. The number of amides is 1. The number of hydrogen-bond acceptors (Lipinski definition) is 3. The van der Waals surface area contributed by atoms with E-state index in [9.17, 15) is 4.79 Å². The molecule has 20 heavy (non-hydrogen) atoms. The van der Waals surface area contributed by atoms with E-state index < -0.39 is 0 Å². The number of aryl methyl sites for hydroxylation is 1. The normalized spacial score (nSPS) is 17.4. The smallest absolute Gasteiger partial charge is 0.229 e. The maximum atomic E-state index is 12.3. The van der Waals surface area contributed by atoms with Crippen LogP contribution in [0.3, 0.4) is 0 Å². The van der Waals surface area contributed by atoms with E-state index in [1.165, 1.54) is 23.5 Å². The van der Waals surface area contributed by atoms with Crippen molar-refractivity contribution in [3.63, 3.8) is 0 Å². The summed E-state index contributed by atoms with van der Waals surface area (Å²) in [4.78, 5) is 20.2. The standard InChI is InChI=1S/C15H14ClN3O/c16-13-8-18-14(9-17-13)19-15(20)12-6-5-10-3-1-2-4-11(10)7-12/h1-4,8-9,12H,5-7H2,(H,18,19,20). The fraction of sp³-hybridized carbons (Fsp3) is 0.267. The molecule has 0 radical (unpaired) electrons. The van der Waals surface area contributed by atoms with Crippen LogP contribution in [-0.4, -0.2) is 15.9 Å². The Labute approximate surface area is 122 Å². The molecule has 5 heteroatoms. The second kappa shape index (κ2) is 5.59. The van der Waals surface area contributed by atoms with Crippen LogP contribution in [0.4, 0.5) is 5.82 Å². The maximum Gasteiger partial charge on any atom is 0.229 e. The minimum atomic E-state index is -0.0117. The molecule has 0 fully saturated rings. The Hall–Kier alpha value is -1.94. The molecule has 1 atom stereocenters. The van der Waals surface area contributed by atoms with Crippen LogP contribution >= 0.6 is 11.6 Å².